The number of hydrogen-bond acceptors (Lipinski definition) is 2. The Morgan fingerprint density at radius 1 is 0.875 bits per heavy atom. The van der Waals surface area contributed by atoms with Gasteiger partial charge in [0, 0.05) is 12.8 Å². The molecule has 0 unspecified atom stereocenters. The SMILES string of the molecule is CCCC/C=C\C[C@H]1CCC[C@@H]1CCC1(CCCCC)OCCO1. The van der Waals surface area contributed by atoms with Crippen molar-refractivity contribution >= 4 is 0 Å². The van der Waals surface area contributed by atoms with E-state index in [2.05, 4.69) is 26.0 Å². The van der Waals surface area contributed by atoms with E-state index >= 15 is 0 Å². The molecule has 2 fully saturated rings. The van der Waals surface area contributed by atoms with E-state index in [9.17, 15) is 0 Å². The minimum Gasteiger partial charge on any atom is -0.348 e. The van der Waals surface area contributed by atoms with Crippen molar-refractivity contribution in [3.05, 3.63) is 12.2 Å². The minimum atomic E-state index is -0.237. The van der Waals surface area contributed by atoms with Crippen LogP contribution in [-0.2, 0) is 9.47 Å². The van der Waals surface area contributed by atoms with E-state index in [1.165, 1.54) is 70.6 Å². The van der Waals surface area contributed by atoms with Crippen LogP contribution in [0.2, 0.25) is 0 Å². The summed E-state index contributed by atoms with van der Waals surface area (Å²) in [5.74, 6) is 1.55. The Balaban J connectivity index is 1.74. The Morgan fingerprint density at radius 2 is 1.62 bits per heavy atom. The highest BCUT2D eigenvalue weighted by Crippen LogP contribution is 2.40. The van der Waals surface area contributed by atoms with E-state index in [-0.39, 0.29) is 5.79 Å². The van der Waals surface area contributed by atoms with Crippen molar-refractivity contribution in [2.45, 2.75) is 103 Å². The fraction of sp³-hybridized carbons (Fsp3) is 0.909. The third-order valence-electron chi connectivity index (χ3n) is 6.02. The molecule has 2 atom stereocenters. The van der Waals surface area contributed by atoms with Crippen molar-refractivity contribution in [3.63, 3.8) is 0 Å². The lowest BCUT2D eigenvalue weighted by Gasteiger charge is -2.30. The van der Waals surface area contributed by atoms with Gasteiger partial charge in [0.1, 0.15) is 0 Å². The number of hydrogen-bond donors (Lipinski definition) is 0. The highest BCUT2D eigenvalue weighted by Gasteiger charge is 2.37. The van der Waals surface area contributed by atoms with Crippen LogP contribution < -0.4 is 0 Å². The monoisotopic (exact) mass is 336 g/mol. The summed E-state index contributed by atoms with van der Waals surface area (Å²) in [5.41, 5.74) is 0. The second-order valence-electron chi connectivity index (χ2n) is 7.90. The molecule has 24 heavy (non-hydrogen) atoms. The van der Waals surface area contributed by atoms with Crippen LogP contribution in [0.25, 0.3) is 0 Å². The zero-order valence-electron chi connectivity index (χ0n) is 16.2. The fourth-order valence-corrected chi connectivity index (χ4v) is 4.48. The van der Waals surface area contributed by atoms with Gasteiger partial charge >= 0.3 is 0 Å². The first kappa shape index (κ1) is 20.0. The molecular formula is C22H40O2. The lowest BCUT2D eigenvalue weighted by Crippen LogP contribution is -2.31. The average molecular weight is 337 g/mol. The number of allylic oxidation sites excluding steroid dienone is 2. The third-order valence-corrected chi connectivity index (χ3v) is 6.02. The van der Waals surface area contributed by atoms with E-state index in [0.29, 0.717) is 0 Å². The number of unbranched alkanes of at least 4 members (excludes halogenated alkanes) is 4. The Hall–Kier alpha value is -0.340. The first-order valence-corrected chi connectivity index (χ1v) is 10.7. The first-order chi connectivity index (χ1) is 11.8. The second kappa shape index (κ2) is 11.3. The van der Waals surface area contributed by atoms with Gasteiger partial charge in [0.15, 0.2) is 5.79 Å². The van der Waals surface area contributed by atoms with Crippen LogP contribution in [0.5, 0.6) is 0 Å². The number of rotatable bonds is 12. The molecule has 0 spiro atoms. The van der Waals surface area contributed by atoms with Gasteiger partial charge in [-0.2, -0.15) is 0 Å². The van der Waals surface area contributed by atoms with Gasteiger partial charge in [-0.1, -0.05) is 64.5 Å². The molecule has 0 aromatic heterocycles. The largest absolute Gasteiger partial charge is 0.348 e. The second-order valence-corrected chi connectivity index (χ2v) is 7.90. The van der Waals surface area contributed by atoms with Crippen LogP contribution in [0.1, 0.15) is 97.3 Å². The maximum absolute atomic E-state index is 6.07. The lowest BCUT2D eigenvalue weighted by molar-refractivity contribution is -0.170. The highest BCUT2D eigenvalue weighted by molar-refractivity contribution is 4.89. The Kier molecular flexibility index (Phi) is 9.41. The van der Waals surface area contributed by atoms with Gasteiger partial charge in [-0.3, -0.25) is 0 Å². The van der Waals surface area contributed by atoms with Crippen LogP contribution >= 0.6 is 0 Å². The summed E-state index contributed by atoms with van der Waals surface area (Å²) in [7, 11) is 0. The van der Waals surface area contributed by atoms with E-state index in [1.807, 2.05) is 0 Å². The summed E-state index contributed by atoms with van der Waals surface area (Å²) in [6, 6.07) is 0. The Labute approximate surface area is 150 Å². The summed E-state index contributed by atoms with van der Waals surface area (Å²) in [4.78, 5) is 0. The molecule has 1 saturated carbocycles. The van der Waals surface area contributed by atoms with Gasteiger partial charge in [-0.25, -0.2) is 0 Å². The molecule has 0 amide bonds. The number of ether oxygens (including phenoxy) is 2. The van der Waals surface area contributed by atoms with Crippen molar-refractivity contribution in [3.8, 4) is 0 Å². The van der Waals surface area contributed by atoms with Crippen molar-refractivity contribution in [1.82, 2.24) is 0 Å². The van der Waals surface area contributed by atoms with Gasteiger partial charge in [0.05, 0.1) is 13.2 Å². The normalized spacial score (nSPS) is 26.6. The first-order valence-electron chi connectivity index (χ1n) is 10.7. The maximum Gasteiger partial charge on any atom is 0.168 e. The molecule has 1 aliphatic carbocycles. The third kappa shape index (κ3) is 6.52. The van der Waals surface area contributed by atoms with E-state index < -0.39 is 0 Å². The van der Waals surface area contributed by atoms with E-state index in [1.54, 1.807) is 0 Å². The van der Waals surface area contributed by atoms with E-state index in [0.717, 1.165) is 37.9 Å². The molecule has 1 saturated heterocycles. The van der Waals surface area contributed by atoms with Gasteiger partial charge in [0.2, 0.25) is 0 Å². The van der Waals surface area contributed by atoms with Crippen molar-refractivity contribution < 1.29 is 9.47 Å². The smallest absolute Gasteiger partial charge is 0.168 e. The molecule has 0 N–H and O–H groups in total. The molecule has 0 aromatic rings. The van der Waals surface area contributed by atoms with Gasteiger partial charge < -0.3 is 9.47 Å². The van der Waals surface area contributed by atoms with Crippen LogP contribution in [0.15, 0.2) is 12.2 Å². The average Bonchev–Trinajstić information content (AvgIpc) is 3.23. The summed E-state index contributed by atoms with van der Waals surface area (Å²) >= 11 is 0. The molecule has 2 nitrogen and oxygen atoms in total. The van der Waals surface area contributed by atoms with E-state index in [4.69, 9.17) is 9.47 Å². The van der Waals surface area contributed by atoms with Crippen LogP contribution in [0.3, 0.4) is 0 Å². The predicted molar refractivity (Wildman–Crippen MR) is 102 cm³/mol. The molecule has 1 aliphatic heterocycles. The summed E-state index contributed by atoms with van der Waals surface area (Å²) in [6.45, 7) is 6.12. The molecule has 2 aliphatic rings. The molecular weight excluding hydrogens is 296 g/mol. The van der Waals surface area contributed by atoms with Crippen LogP contribution in [-0.4, -0.2) is 19.0 Å². The van der Waals surface area contributed by atoms with Crippen molar-refractivity contribution in [2.24, 2.45) is 11.8 Å². The zero-order chi connectivity index (χ0) is 17.1. The molecule has 0 bridgehead atoms. The van der Waals surface area contributed by atoms with Gasteiger partial charge in [0.25, 0.3) is 0 Å². The quantitative estimate of drug-likeness (QED) is 0.294. The highest BCUT2D eigenvalue weighted by atomic mass is 16.7. The molecule has 140 valence electrons. The summed E-state index contributed by atoms with van der Waals surface area (Å²) in [5, 5.41) is 0. The molecule has 1 heterocycles. The van der Waals surface area contributed by atoms with Crippen molar-refractivity contribution in [2.75, 3.05) is 13.2 Å². The van der Waals surface area contributed by atoms with Gasteiger partial charge in [-0.15, -0.1) is 0 Å². The predicted octanol–water partition coefficient (Wildman–Crippen LogP) is 6.64. The molecule has 0 aromatic carbocycles. The maximum atomic E-state index is 6.07. The zero-order valence-corrected chi connectivity index (χ0v) is 16.2. The topological polar surface area (TPSA) is 18.5 Å². The molecule has 2 heteroatoms. The van der Waals surface area contributed by atoms with Gasteiger partial charge in [-0.05, 0) is 43.9 Å². The Bertz CT molecular complexity index is 344. The molecule has 2 rings (SSSR count). The summed E-state index contributed by atoms with van der Waals surface area (Å²) < 4.78 is 12.1. The Morgan fingerprint density at radius 3 is 2.38 bits per heavy atom. The minimum absolute atomic E-state index is 0.237. The standard InChI is InChI=1S/C22H40O2/c1-3-5-7-8-9-12-20-13-11-14-21(20)15-17-22(16-10-6-4-2)23-18-19-24-22/h8-9,20-21H,3-7,10-19H2,1-2H3/b9-8-/t20-,21+/m0/s1. The van der Waals surface area contributed by atoms with Crippen molar-refractivity contribution in [1.29, 1.82) is 0 Å². The van der Waals surface area contributed by atoms with Crippen LogP contribution in [0.4, 0.5) is 0 Å². The lowest BCUT2D eigenvalue weighted by atomic mass is 9.86. The fourth-order valence-electron chi connectivity index (χ4n) is 4.48. The summed E-state index contributed by atoms with van der Waals surface area (Å²) in [6.07, 6.45) is 21.6. The molecule has 0 radical (unpaired) electrons. The van der Waals surface area contributed by atoms with Crippen LogP contribution in [0, 0.1) is 11.8 Å².